The SMILES string of the molecule is CC(C)(C)c1cc(-c2ccccc2Cl)c(C#N)c(N)n1. The fourth-order valence-electron chi connectivity index (χ4n) is 1.96. The molecule has 1 aromatic carbocycles. The summed E-state index contributed by atoms with van der Waals surface area (Å²) in [6, 6.07) is 11.4. The number of aromatic nitrogens is 1. The van der Waals surface area contributed by atoms with Crippen LogP contribution < -0.4 is 5.73 Å². The van der Waals surface area contributed by atoms with Gasteiger partial charge in [0, 0.05) is 27.3 Å². The van der Waals surface area contributed by atoms with Crippen molar-refractivity contribution in [2.75, 3.05) is 5.73 Å². The van der Waals surface area contributed by atoms with E-state index in [1.54, 1.807) is 6.07 Å². The molecule has 0 aliphatic carbocycles. The van der Waals surface area contributed by atoms with E-state index in [0.29, 0.717) is 10.6 Å². The monoisotopic (exact) mass is 285 g/mol. The molecule has 0 aliphatic rings. The molecule has 0 fully saturated rings. The molecule has 2 N–H and O–H groups in total. The molecule has 0 spiro atoms. The number of nitriles is 1. The van der Waals surface area contributed by atoms with Crippen LogP contribution in [-0.2, 0) is 5.41 Å². The minimum absolute atomic E-state index is 0.155. The van der Waals surface area contributed by atoms with E-state index in [4.69, 9.17) is 17.3 Å². The van der Waals surface area contributed by atoms with Crippen LogP contribution in [0.3, 0.4) is 0 Å². The second-order valence-electron chi connectivity index (χ2n) is 5.66. The zero-order valence-electron chi connectivity index (χ0n) is 11.7. The lowest BCUT2D eigenvalue weighted by Crippen LogP contribution is -2.15. The Labute approximate surface area is 124 Å². The largest absolute Gasteiger partial charge is 0.383 e. The van der Waals surface area contributed by atoms with Crippen molar-refractivity contribution < 1.29 is 0 Å². The summed E-state index contributed by atoms with van der Waals surface area (Å²) in [7, 11) is 0. The van der Waals surface area contributed by atoms with Gasteiger partial charge in [0.15, 0.2) is 0 Å². The third kappa shape index (κ3) is 2.61. The number of hydrogen-bond donors (Lipinski definition) is 1. The highest BCUT2D eigenvalue weighted by atomic mass is 35.5. The second kappa shape index (κ2) is 5.15. The Morgan fingerprint density at radius 2 is 1.85 bits per heavy atom. The third-order valence-electron chi connectivity index (χ3n) is 3.09. The smallest absolute Gasteiger partial charge is 0.142 e. The number of pyridine rings is 1. The van der Waals surface area contributed by atoms with Crippen LogP contribution in [0.15, 0.2) is 30.3 Å². The van der Waals surface area contributed by atoms with Crippen molar-refractivity contribution in [1.29, 1.82) is 5.26 Å². The Morgan fingerprint density at radius 1 is 1.20 bits per heavy atom. The van der Waals surface area contributed by atoms with Gasteiger partial charge in [-0.2, -0.15) is 5.26 Å². The minimum atomic E-state index is -0.155. The predicted molar refractivity (Wildman–Crippen MR) is 82.5 cm³/mol. The fraction of sp³-hybridized carbons (Fsp3) is 0.250. The molecular weight excluding hydrogens is 270 g/mol. The number of rotatable bonds is 1. The van der Waals surface area contributed by atoms with Gasteiger partial charge in [-0.15, -0.1) is 0 Å². The summed E-state index contributed by atoms with van der Waals surface area (Å²) in [6.45, 7) is 6.16. The van der Waals surface area contributed by atoms with E-state index in [9.17, 15) is 5.26 Å². The molecule has 0 atom stereocenters. The van der Waals surface area contributed by atoms with Gasteiger partial charge in [-0.05, 0) is 12.1 Å². The van der Waals surface area contributed by atoms with Gasteiger partial charge < -0.3 is 5.73 Å². The minimum Gasteiger partial charge on any atom is -0.383 e. The number of nitrogens with zero attached hydrogens (tertiary/aromatic N) is 2. The van der Waals surface area contributed by atoms with Crippen LogP contribution in [0.2, 0.25) is 5.02 Å². The van der Waals surface area contributed by atoms with Crippen molar-refractivity contribution in [2.45, 2.75) is 26.2 Å². The molecule has 1 aromatic heterocycles. The standard InChI is InChI=1S/C16H16ClN3/c1-16(2,3)14-8-11(12(9-18)15(19)20-14)10-6-4-5-7-13(10)17/h4-8H,1-3H3,(H2,19,20). The topological polar surface area (TPSA) is 62.7 Å². The van der Waals surface area contributed by atoms with Crippen molar-refractivity contribution >= 4 is 17.4 Å². The van der Waals surface area contributed by atoms with Gasteiger partial charge in [0.05, 0.1) is 0 Å². The van der Waals surface area contributed by atoms with Crippen molar-refractivity contribution in [3.8, 4) is 17.2 Å². The molecule has 2 aromatic rings. The third-order valence-corrected chi connectivity index (χ3v) is 3.42. The quantitative estimate of drug-likeness (QED) is 0.856. The molecule has 0 saturated heterocycles. The predicted octanol–water partition coefficient (Wildman–Crippen LogP) is 4.15. The average Bonchev–Trinajstić information content (AvgIpc) is 2.37. The first-order chi connectivity index (χ1) is 9.34. The zero-order chi connectivity index (χ0) is 14.9. The maximum Gasteiger partial charge on any atom is 0.142 e. The first-order valence-electron chi connectivity index (χ1n) is 6.30. The van der Waals surface area contributed by atoms with Crippen molar-refractivity contribution in [3.05, 3.63) is 46.6 Å². The van der Waals surface area contributed by atoms with Gasteiger partial charge in [-0.3, -0.25) is 0 Å². The van der Waals surface area contributed by atoms with E-state index < -0.39 is 0 Å². The molecule has 20 heavy (non-hydrogen) atoms. The van der Waals surface area contributed by atoms with Crippen molar-refractivity contribution in [2.24, 2.45) is 0 Å². The molecule has 102 valence electrons. The van der Waals surface area contributed by atoms with Crippen LogP contribution in [0.25, 0.3) is 11.1 Å². The number of nitrogens with two attached hydrogens (primary N) is 1. The van der Waals surface area contributed by atoms with Gasteiger partial charge in [0.25, 0.3) is 0 Å². The molecular formula is C16H16ClN3. The normalized spacial score (nSPS) is 11.2. The summed E-state index contributed by atoms with van der Waals surface area (Å²) >= 11 is 6.24. The summed E-state index contributed by atoms with van der Waals surface area (Å²) in [5, 5.41) is 9.92. The Kier molecular flexibility index (Phi) is 3.69. The molecule has 0 aliphatic heterocycles. The summed E-state index contributed by atoms with van der Waals surface area (Å²) in [5.74, 6) is 0.245. The molecule has 0 unspecified atom stereocenters. The second-order valence-corrected chi connectivity index (χ2v) is 6.06. The maximum atomic E-state index is 9.33. The van der Waals surface area contributed by atoms with E-state index in [2.05, 4.69) is 31.8 Å². The number of halogens is 1. The average molecular weight is 286 g/mol. The van der Waals surface area contributed by atoms with E-state index >= 15 is 0 Å². The van der Waals surface area contributed by atoms with E-state index in [-0.39, 0.29) is 11.2 Å². The molecule has 0 saturated carbocycles. The Hall–Kier alpha value is -2.05. The van der Waals surface area contributed by atoms with Crippen molar-refractivity contribution in [3.63, 3.8) is 0 Å². The number of anilines is 1. The van der Waals surface area contributed by atoms with E-state index in [0.717, 1.165) is 16.8 Å². The molecule has 0 amide bonds. The first kappa shape index (κ1) is 14.4. The number of hydrogen-bond acceptors (Lipinski definition) is 3. The fourth-order valence-corrected chi connectivity index (χ4v) is 2.20. The van der Waals surface area contributed by atoms with Gasteiger partial charge in [0.2, 0.25) is 0 Å². The van der Waals surface area contributed by atoms with Gasteiger partial charge in [-0.1, -0.05) is 50.6 Å². The lowest BCUT2D eigenvalue weighted by molar-refractivity contribution is 0.570. The highest BCUT2D eigenvalue weighted by Crippen LogP contribution is 2.35. The molecule has 1 heterocycles. The number of nitrogen functional groups attached to an aromatic ring is 1. The molecule has 0 radical (unpaired) electrons. The molecule has 0 bridgehead atoms. The lowest BCUT2D eigenvalue weighted by Gasteiger charge is -2.20. The summed E-state index contributed by atoms with van der Waals surface area (Å²) in [5.41, 5.74) is 8.52. The lowest BCUT2D eigenvalue weighted by atomic mass is 9.88. The van der Waals surface area contributed by atoms with E-state index in [1.807, 2.05) is 24.3 Å². The summed E-state index contributed by atoms with van der Waals surface area (Å²) < 4.78 is 0. The molecule has 4 heteroatoms. The van der Waals surface area contributed by atoms with Crippen LogP contribution in [0.5, 0.6) is 0 Å². The highest BCUT2D eigenvalue weighted by molar-refractivity contribution is 6.33. The van der Waals surface area contributed by atoms with E-state index in [1.165, 1.54) is 0 Å². The zero-order valence-corrected chi connectivity index (χ0v) is 12.5. The molecule has 3 nitrogen and oxygen atoms in total. The van der Waals surface area contributed by atoms with Crippen LogP contribution in [0, 0.1) is 11.3 Å². The Balaban J connectivity index is 2.78. The molecule has 2 rings (SSSR count). The highest BCUT2D eigenvalue weighted by Gasteiger charge is 2.21. The van der Waals surface area contributed by atoms with Crippen molar-refractivity contribution in [1.82, 2.24) is 4.98 Å². The summed E-state index contributed by atoms with van der Waals surface area (Å²) in [6.07, 6.45) is 0. The van der Waals surface area contributed by atoms with Gasteiger partial charge in [-0.25, -0.2) is 4.98 Å². The first-order valence-corrected chi connectivity index (χ1v) is 6.68. The van der Waals surface area contributed by atoms with Gasteiger partial charge in [0.1, 0.15) is 17.5 Å². The van der Waals surface area contributed by atoms with Crippen LogP contribution in [0.4, 0.5) is 5.82 Å². The summed E-state index contributed by atoms with van der Waals surface area (Å²) in [4.78, 5) is 4.34. The van der Waals surface area contributed by atoms with Crippen LogP contribution in [-0.4, -0.2) is 4.98 Å². The van der Waals surface area contributed by atoms with Crippen LogP contribution >= 0.6 is 11.6 Å². The number of benzene rings is 1. The van der Waals surface area contributed by atoms with Crippen LogP contribution in [0.1, 0.15) is 32.0 Å². The Morgan fingerprint density at radius 3 is 2.40 bits per heavy atom. The van der Waals surface area contributed by atoms with Gasteiger partial charge >= 0.3 is 0 Å². The Bertz CT molecular complexity index is 694. The maximum absolute atomic E-state index is 9.33.